The number of nitrogens with zero attached hydrogens (tertiary/aromatic N) is 2. The molecule has 166 valence electrons. The largest absolute Gasteiger partial charge is 0.357 e. The molecule has 1 aromatic rings. The number of guanidine groups is 1. The van der Waals surface area contributed by atoms with Crippen LogP contribution >= 0.6 is 24.0 Å². The molecule has 1 fully saturated rings. The standard InChI is InChI=1S/C21H36N4O2S.HI/c1-6-22-20(23-16-17-8-10-18(11-9-17)21(3,4)5)24-19-12-14-25(15-13-19)28(26,27)7-2;/h8-11,19H,6-7,12-16H2,1-5H3,(H2,22,23,24);1H. The van der Waals surface area contributed by atoms with Crippen molar-refractivity contribution in [2.45, 2.75) is 65.5 Å². The van der Waals surface area contributed by atoms with Crippen LogP contribution < -0.4 is 10.6 Å². The topological polar surface area (TPSA) is 73.8 Å². The third kappa shape index (κ3) is 8.05. The van der Waals surface area contributed by atoms with Gasteiger partial charge in [0, 0.05) is 25.7 Å². The highest BCUT2D eigenvalue weighted by Crippen LogP contribution is 2.22. The molecule has 29 heavy (non-hydrogen) atoms. The van der Waals surface area contributed by atoms with Gasteiger partial charge in [0.2, 0.25) is 10.0 Å². The number of rotatable bonds is 6. The fourth-order valence-electron chi connectivity index (χ4n) is 3.25. The SMILES string of the molecule is CCNC(=NCc1ccc(C(C)(C)C)cc1)NC1CCN(S(=O)(=O)CC)CC1.I. The summed E-state index contributed by atoms with van der Waals surface area (Å²) in [5.74, 6) is 0.961. The maximum absolute atomic E-state index is 12.0. The molecule has 0 unspecified atom stereocenters. The van der Waals surface area contributed by atoms with E-state index in [-0.39, 0.29) is 41.2 Å². The van der Waals surface area contributed by atoms with Crippen molar-refractivity contribution in [1.82, 2.24) is 14.9 Å². The lowest BCUT2D eigenvalue weighted by atomic mass is 9.87. The average molecular weight is 537 g/mol. The summed E-state index contributed by atoms with van der Waals surface area (Å²) < 4.78 is 25.6. The number of hydrogen-bond donors (Lipinski definition) is 2. The lowest BCUT2D eigenvalue weighted by molar-refractivity contribution is 0.306. The Morgan fingerprint density at radius 3 is 2.21 bits per heavy atom. The Balaban J connectivity index is 0.00000420. The number of aliphatic imine (C=N–C) groups is 1. The second kappa shape index (κ2) is 11.5. The van der Waals surface area contributed by atoms with Gasteiger partial charge in [0.25, 0.3) is 0 Å². The molecule has 8 heteroatoms. The summed E-state index contributed by atoms with van der Waals surface area (Å²) in [5.41, 5.74) is 2.64. The highest BCUT2D eigenvalue weighted by molar-refractivity contribution is 14.0. The number of sulfonamides is 1. The van der Waals surface area contributed by atoms with Crippen LogP contribution in [-0.4, -0.2) is 50.1 Å². The van der Waals surface area contributed by atoms with Crippen LogP contribution in [0, 0.1) is 0 Å². The minimum atomic E-state index is -3.08. The summed E-state index contributed by atoms with van der Waals surface area (Å²) >= 11 is 0. The fourth-order valence-corrected chi connectivity index (χ4v) is 4.39. The van der Waals surface area contributed by atoms with Gasteiger partial charge in [-0.15, -0.1) is 24.0 Å². The molecule has 0 saturated carbocycles. The summed E-state index contributed by atoms with van der Waals surface area (Å²) in [6.07, 6.45) is 1.59. The van der Waals surface area contributed by atoms with Gasteiger partial charge in [-0.1, -0.05) is 45.0 Å². The molecule has 6 nitrogen and oxygen atoms in total. The second-order valence-corrected chi connectivity index (χ2v) is 10.6. The molecule has 0 radical (unpaired) electrons. The van der Waals surface area contributed by atoms with E-state index in [4.69, 9.17) is 4.99 Å². The van der Waals surface area contributed by atoms with Gasteiger partial charge in [-0.25, -0.2) is 17.7 Å². The first-order valence-electron chi connectivity index (χ1n) is 10.3. The molecule has 1 heterocycles. The lowest BCUT2D eigenvalue weighted by Gasteiger charge is -2.32. The summed E-state index contributed by atoms with van der Waals surface area (Å²) in [6, 6.07) is 8.87. The molecule has 1 saturated heterocycles. The van der Waals surface area contributed by atoms with Crippen LogP contribution in [0.15, 0.2) is 29.3 Å². The van der Waals surface area contributed by atoms with E-state index in [1.54, 1.807) is 11.2 Å². The molecule has 2 rings (SSSR count). The summed E-state index contributed by atoms with van der Waals surface area (Å²) in [7, 11) is -3.08. The Kier molecular flexibility index (Phi) is 10.4. The van der Waals surface area contributed by atoms with E-state index in [1.165, 1.54) is 11.1 Å². The highest BCUT2D eigenvalue weighted by atomic mass is 127. The van der Waals surface area contributed by atoms with Crippen molar-refractivity contribution >= 4 is 40.0 Å². The van der Waals surface area contributed by atoms with E-state index in [1.807, 2.05) is 6.92 Å². The minimum absolute atomic E-state index is 0. The van der Waals surface area contributed by atoms with E-state index in [9.17, 15) is 8.42 Å². The Labute approximate surface area is 194 Å². The van der Waals surface area contributed by atoms with Gasteiger partial charge in [0.05, 0.1) is 12.3 Å². The third-order valence-corrected chi connectivity index (χ3v) is 7.02. The molecule has 0 spiro atoms. The van der Waals surface area contributed by atoms with Crippen molar-refractivity contribution < 1.29 is 8.42 Å². The maximum atomic E-state index is 12.0. The quantitative estimate of drug-likeness (QED) is 0.332. The predicted octanol–water partition coefficient (Wildman–Crippen LogP) is 3.47. The zero-order chi connectivity index (χ0) is 20.8. The van der Waals surface area contributed by atoms with Crippen molar-refractivity contribution in [2.24, 2.45) is 4.99 Å². The number of benzene rings is 1. The molecule has 0 aromatic heterocycles. The molecule has 1 aromatic carbocycles. The highest BCUT2D eigenvalue weighted by Gasteiger charge is 2.27. The molecular weight excluding hydrogens is 499 g/mol. The third-order valence-electron chi connectivity index (χ3n) is 5.14. The van der Waals surface area contributed by atoms with E-state index in [2.05, 4.69) is 55.7 Å². The number of halogens is 1. The summed E-state index contributed by atoms with van der Waals surface area (Å²) in [5, 5.41) is 6.77. The van der Waals surface area contributed by atoms with Crippen molar-refractivity contribution in [3.63, 3.8) is 0 Å². The van der Waals surface area contributed by atoms with Gasteiger partial charge >= 0.3 is 0 Å². The maximum Gasteiger partial charge on any atom is 0.213 e. The van der Waals surface area contributed by atoms with E-state index >= 15 is 0 Å². The second-order valence-electron chi connectivity index (χ2n) is 8.36. The first-order chi connectivity index (χ1) is 13.2. The molecule has 0 amide bonds. The smallest absolute Gasteiger partial charge is 0.213 e. The molecule has 0 bridgehead atoms. The summed E-state index contributed by atoms with van der Waals surface area (Å²) in [4.78, 5) is 4.72. The van der Waals surface area contributed by atoms with Crippen LogP contribution in [0.2, 0.25) is 0 Å². The molecule has 1 aliphatic rings. The Hall–Kier alpha value is -0.870. The zero-order valence-electron chi connectivity index (χ0n) is 18.4. The average Bonchev–Trinajstić information content (AvgIpc) is 2.66. The first-order valence-corrected chi connectivity index (χ1v) is 11.9. The van der Waals surface area contributed by atoms with Gasteiger partial charge in [-0.05, 0) is 43.2 Å². The zero-order valence-corrected chi connectivity index (χ0v) is 21.5. The van der Waals surface area contributed by atoms with Gasteiger partial charge < -0.3 is 10.6 Å². The predicted molar refractivity (Wildman–Crippen MR) is 133 cm³/mol. The van der Waals surface area contributed by atoms with Crippen molar-refractivity contribution in [2.75, 3.05) is 25.4 Å². The molecular formula is C21H37IN4O2S. The van der Waals surface area contributed by atoms with Crippen LogP contribution in [0.5, 0.6) is 0 Å². The minimum Gasteiger partial charge on any atom is -0.357 e. The Morgan fingerprint density at radius 1 is 1.14 bits per heavy atom. The van der Waals surface area contributed by atoms with Crippen LogP contribution in [0.3, 0.4) is 0 Å². The lowest BCUT2D eigenvalue weighted by Crippen LogP contribution is -2.50. The van der Waals surface area contributed by atoms with Crippen LogP contribution in [0.1, 0.15) is 58.6 Å². The van der Waals surface area contributed by atoms with Crippen molar-refractivity contribution in [3.8, 4) is 0 Å². The van der Waals surface area contributed by atoms with Gasteiger partial charge in [-0.2, -0.15) is 0 Å². The Bertz CT molecular complexity index is 750. The van der Waals surface area contributed by atoms with Gasteiger partial charge in [0.15, 0.2) is 5.96 Å². The normalized spacial score (nSPS) is 16.9. The molecule has 0 atom stereocenters. The molecule has 2 N–H and O–H groups in total. The fraction of sp³-hybridized carbons (Fsp3) is 0.667. The van der Waals surface area contributed by atoms with Crippen molar-refractivity contribution in [3.05, 3.63) is 35.4 Å². The van der Waals surface area contributed by atoms with E-state index < -0.39 is 10.0 Å². The number of piperidine rings is 1. The number of nitrogens with one attached hydrogen (secondary N) is 2. The summed E-state index contributed by atoms with van der Waals surface area (Å²) in [6.45, 7) is 12.9. The van der Waals surface area contributed by atoms with E-state index in [0.29, 0.717) is 19.6 Å². The molecule has 1 aliphatic heterocycles. The van der Waals surface area contributed by atoms with Gasteiger partial charge in [-0.3, -0.25) is 0 Å². The van der Waals surface area contributed by atoms with Crippen molar-refractivity contribution in [1.29, 1.82) is 0 Å². The van der Waals surface area contributed by atoms with Gasteiger partial charge in [0.1, 0.15) is 0 Å². The monoisotopic (exact) mass is 536 g/mol. The van der Waals surface area contributed by atoms with Crippen LogP contribution in [0.4, 0.5) is 0 Å². The number of hydrogen-bond acceptors (Lipinski definition) is 3. The Morgan fingerprint density at radius 2 is 1.72 bits per heavy atom. The first kappa shape index (κ1) is 26.2. The molecule has 0 aliphatic carbocycles. The van der Waals surface area contributed by atoms with Crippen LogP contribution in [0.25, 0.3) is 0 Å². The van der Waals surface area contributed by atoms with Crippen LogP contribution in [-0.2, 0) is 22.0 Å². The van der Waals surface area contributed by atoms with E-state index in [0.717, 1.165) is 25.3 Å².